The number of carbonyl (C=O) groups excluding carboxylic acids is 2. The molecule has 1 N–H and O–H groups in total. The van der Waals surface area contributed by atoms with E-state index in [-0.39, 0.29) is 30.5 Å². The highest BCUT2D eigenvalue weighted by Crippen LogP contribution is 2.49. The average Bonchev–Trinajstić information content (AvgIpc) is 3.42. The molecule has 0 aromatic heterocycles. The minimum Gasteiger partial charge on any atom is -0.504 e. The molecule has 0 amide bonds. The summed E-state index contributed by atoms with van der Waals surface area (Å²) in [5.41, 5.74) is 2.36. The molecule has 3 aromatic rings. The van der Waals surface area contributed by atoms with Gasteiger partial charge in [0, 0.05) is 11.5 Å². The summed E-state index contributed by atoms with van der Waals surface area (Å²) in [4.78, 5) is 25.5. The van der Waals surface area contributed by atoms with E-state index < -0.39 is 11.9 Å². The number of phenolic OH excluding ortho intramolecular Hbond substituents is 1. The molecule has 3 heterocycles. The number of hydrogen-bond donors (Lipinski definition) is 1. The molecule has 6 rings (SSSR count). The molecule has 1 atom stereocenters. The van der Waals surface area contributed by atoms with Gasteiger partial charge in [0.25, 0.3) is 0 Å². The Morgan fingerprint density at radius 2 is 1.79 bits per heavy atom. The fourth-order valence-corrected chi connectivity index (χ4v) is 4.47. The Balaban J connectivity index is 1.42. The molecule has 3 aromatic carbocycles. The van der Waals surface area contributed by atoms with Gasteiger partial charge in [-0.1, -0.05) is 12.1 Å². The van der Waals surface area contributed by atoms with Crippen LogP contribution in [0.25, 0.3) is 6.08 Å². The van der Waals surface area contributed by atoms with Gasteiger partial charge in [0.2, 0.25) is 12.6 Å². The van der Waals surface area contributed by atoms with Crippen LogP contribution in [0.4, 0.5) is 0 Å². The van der Waals surface area contributed by atoms with E-state index >= 15 is 0 Å². The van der Waals surface area contributed by atoms with Crippen LogP contribution in [0.2, 0.25) is 0 Å². The number of benzene rings is 3. The lowest BCUT2D eigenvalue weighted by Gasteiger charge is -2.26. The second-order valence-corrected chi connectivity index (χ2v) is 8.07. The van der Waals surface area contributed by atoms with Crippen LogP contribution in [0.5, 0.6) is 34.5 Å². The molecule has 0 fully saturated rings. The van der Waals surface area contributed by atoms with Gasteiger partial charge in [0.1, 0.15) is 11.5 Å². The number of methoxy groups -OCH3 is 1. The largest absolute Gasteiger partial charge is 0.504 e. The summed E-state index contributed by atoms with van der Waals surface area (Å²) in [6.07, 6.45) is 1.67. The number of hydrogen-bond acceptors (Lipinski definition) is 8. The highest BCUT2D eigenvalue weighted by atomic mass is 16.7. The van der Waals surface area contributed by atoms with Crippen molar-refractivity contribution >= 4 is 17.8 Å². The maximum Gasteiger partial charge on any atom is 0.312 e. The topological polar surface area (TPSA) is 101 Å². The number of Topliss-reactive ketones (excluding diaryl/α,β-unsaturated/α-hetero) is 1. The predicted octanol–water partition coefficient (Wildman–Crippen LogP) is 4.19. The first-order chi connectivity index (χ1) is 16.5. The highest BCUT2D eigenvalue weighted by Gasteiger charge is 2.38. The van der Waals surface area contributed by atoms with Crippen molar-refractivity contribution in [2.75, 3.05) is 13.9 Å². The van der Waals surface area contributed by atoms with Crippen molar-refractivity contribution in [1.29, 1.82) is 0 Å². The standard InChI is InChI=1S/C26H18O8/c1-30-18-6-3-14(10-17(18)27)16-11-23(28)33-20-7-4-15-25(29)22(34-26(15)24(16)20)9-13-2-5-19-21(8-13)32-12-31-19/h2-10,16,27H,11-12H2,1H3/b22-9-/t16-/m1/s1. The monoisotopic (exact) mass is 458 g/mol. The summed E-state index contributed by atoms with van der Waals surface area (Å²) in [6.45, 7) is 0.156. The van der Waals surface area contributed by atoms with E-state index in [1.54, 1.807) is 54.6 Å². The summed E-state index contributed by atoms with van der Waals surface area (Å²) < 4.78 is 27.4. The number of rotatable bonds is 3. The van der Waals surface area contributed by atoms with Crippen molar-refractivity contribution in [2.24, 2.45) is 0 Å². The number of esters is 1. The molecule has 8 heteroatoms. The number of allylic oxidation sites excluding steroid dienone is 1. The van der Waals surface area contributed by atoms with Gasteiger partial charge in [-0.15, -0.1) is 0 Å². The fourth-order valence-electron chi connectivity index (χ4n) is 4.47. The van der Waals surface area contributed by atoms with Gasteiger partial charge in [0.05, 0.1) is 19.1 Å². The summed E-state index contributed by atoms with van der Waals surface area (Å²) in [7, 11) is 1.46. The van der Waals surface area contributed by atoms with Crippen molar-refractivity contribution in [3.63, 3.8) is 0 Å². The molecule has 0 radical (unpaired) electrons. The Kier molecular flexibility index (Phi) is 4.48. The number of ketones is 1. The summed E-state index contributed by atoms with van der Waals surface area (Å²) >= 11 is 0. The predicted molar refractivity (Wildman–Crippen MR) is 119 cm³/mol. The second-order valence-electron chi connectivity index (χ2n) is 8.07. The van der Waals surface area contributed by atoms with Crippen LogP contribution in [-0.4, -0.2) is 30.8 Å². The zero-order valence-corrected chi connectivity index (χ0v) is 18.0. The van der Waals surface area contributed by atoms with Crippen LogP contribution >= 0.6 is 0 Å². The fraction of sp³-hybridized carbons (Fsp3) is 0.154. The molecule has 34 heavy (non-hydrogen) atoms. The maximum atomic E-state index is 13.2. The van der Waals surface area contributed by atoms with Crippen molar-refractivity contribution in [1.82, 2.24) is 0 Å². The Morgan fingerprint density at radius 3 is 2.62 bits per heavy atom. The Labute approximate surface area is 193 Å². The van der Waals surface area contributed by atoms with E-state index in [1.165, 1.54) is 7.11 Å². The lowest BCUT2D eigenvalue weighted by molar-refractivity contribution is -0.135. The van der Waals surface area contributed by atoms with Crippen molar-refractivity contribution in [3.8, 4) is 34.5 Å². The van der Waals surface area contributed by atoms with Crippen molar-refractivity contribution in [3.05, 3.63) is 76.5 Å². The maximum absolute atomic E-state index is 13.2. The van der Waals surface area contributed by atoms with Gasteiger partial charge < -0.3 is 28.8 Å². The lowest BCUT2D eigenvalue weighted by atomic mass is 9.84. The summed E-state index contributed by atoms with van der Waals surface area (Å²) in [5, 5.41) is 10.3. The average molecular weight is 458 g/mol. The molecule has 0 bridgehead atoms. The van der Waals surface area contributed by atoms with E-state index in [4.69, 9.17) is 23.7 Å². The second kappa shape index (κ2) is 7.55. The normalized spacial score (nSPS) is 18.9. The van der Waals surface area contributed by atoms with E-state index in [2.05, 4.69) is 0 Å². The number of carbonyl (C=O) groups is 2. The zero-order chi connectivity index (χ0) is 23.4. The van der Waals surface area contributed by atoms with Gasteiger partial charge in [0.15, 0.2) is 28.8 Å². The molecule has 0 spiro atoms. The molecule has 0 unspecified atom stereocenters. The van der Waals surface area contributed by atoms with Crippen LogP contribution in [0.15, 0.2) is 54.3 Å². The first-order valence-corrected chi connectivity index (χ1v) is 10.6. The molecule has 3 aliphatic heterocycles. The third-order valence-corrected chi connectivity index (χ3v) is 6.08. The highest BCUT2D eigenvalue weighted by molar-refractivity contribution is 6.15. The van der Waals surface area contributed by atoms with Crippen LogP contribution < -0.4 is 23.7 Å². The molecular formula is C26H18O8. The van der Waals surface area contributed by atoms with Crippen molar-refractivity contribution in [2.45, 2.75) is 12.3 Å². The summed E-state index contributed by atoms with van der Waals surface area (Å²) in [6, 6.07) is 13.5. The molecule has 170 valence electrons. The molecule has 3 aliphatic rings. The molecule has 0 aliphatic carbocycles. The van der Waals surface area contributed by atoms with Crippen LogP contribution in [0.3, 0.4) is 0 Å². The van der Waals surface area contributed by atoms with Gasteiger partial charge in [-0.3, -0.25) is 9.59 Å². The Morgan fingerprint density at radius 1 is 0.971 bits per heavy atom. The third kappa shape index (κ3) is 3.14. The van der Waals surface area contributed by atoms with Crippen LogP contribution in [0.1, 0.15) is 39.4 Å². The zero-order valence-electron chi connectivity index (χ0n) is 18.0. The van der Waals surface area contributed by atoms with E-state index in [9.17, 15) is 14.7 Å². The molecular weight excluding hydrogens is 440 g/mol. The quantitative estimate of drug-likeness (QED) is 0.354. The van der Waals surface area contributed by atoms with Crippen LogP contribution in [-0.2, 0) is 4.79 Å². The summed E-state index contributed by atoms with van der Waals surface area (Å²) in [5.74, 6) is 1.18. The number of aromatic hydroxyl groups is 1. The van der Waals surface area contributed by atoms with Gasteiger partial charge in [-0.2, -0.15) is 0 Å². The molecule has 8 nitrogen and oxygen atoms in total. The van der Waals surface area contributed by atoms with Crippen LogP contribution in [0, 0.1) is 0 Å². The minimum absolute atomic E-state index is 0.0357. The van der Waals surface area contributed by atoms with Gasteiger partial charge in [-0.25, -0.2) is 0 Å². The van der Waals surface area contributed by atoms with E-state index in [0.717, 1.165) is 5.56 Å². The SMILES string of the molecule is COc1ccc([C@H]2CC(=O)Oc3ccc4c(c32)O/C(=C\c2ccc3c(c2)OCO3)C4=O)cc1O. The number of ether oxygens (including phenoxy) is 5. The smallest absolute Gasteiger partial charge is 0.312 e. The third-order valence-electron chi connectivity index (χ3n) is 6.08. The first kappa shape index (κ1) is 20.2. The van der Waals surface area contributed by atoms with Gasteiger partial charge >= 0.3 is 5.97 Å². The van der Waals surface area contributed by atoms with Gasteiger partial charge in [-0.05, 0) is 53.6 Å². The Hall–Kier alpha value is -4.46. The number of phenols is 1. The number of fused-ring (bicyclic) bond motifs is 4. The Bertz CT molecular complexity index is 1400. The van der Waals surface area contributed by atoms with E-state index in [1.807, 2.05) is 0 Å². The first-order valence-electron chi connectivity index (χ1n) is 10.6. The van der Waals surface area contributed by atoms with Crippen molar-refractivity contribution < 1.29 is 38.4 Å². The molecule has 0 saturated carbocycles. The lowest BCUT2D eigenvalue weighted by Crippen LogP contribution is -2.21. The molecule has 0 saturated heterocycles. The minimum atomic E-state index is -0.472. The van der Waals surface area contributed by atoms with E-state index in [0.29, 0.717) is 45.4 Å².